The van der Waals surface area contributed by atoms with Gasteiger partial charge in [0, 0.05) is 23.6 Å². The number of ether oxygens (including phenoxy) is 1. The highest BCUT2D eigenvalue weighted by Crippen LogP contribution is 2.67. The van der Waals surface area contributed by atoms with Crippen LogP contribution in [0.2, 0.25) is 0 Å². The first-order chi connectivity index (χ1) is 13.9. The van der Waals surface area contributed by atoms with Crippen LogP contribution in [-0.2, 0) is 15.3 Å². The number of carbonyl (C=O) groups is 1. The summed E-state index contributed by atoms with van der Waals surface area (Å²) in [6.45, 7) is 9.29. The number of nitrogens with one attached hydrogen (secondary N) is 1. The molecule has 166 valence electrons. The van der Waals surface area contributed by atoms with E-state index in [1.807, 2.05) is 0 Å². The Hall–Kier alpha value is -1.56. The fraction of sp³-hybridized carbons (Fsp3) is 0.708. The van der Waals surface area contributed by atoms with Gasteiger partial charge >= 0.3 is 0 Å². The Kier molecular flexibility index (Phi) is 4.85. The normalized spacial score (nSPS) is 36.1. The molecule has 0 radical (unpaired) electrons. The summed E-state index contributed by atoms with van der Waals surface area (Å²) in [6.07, 6.45) is 5.46. The average molecular weight is 434 g/mol. The first-order valence-electron chi connectivity index (χ1n) is 11.1. The van der Waals surface area contributed by atoms with Gasteiger partial charge in [-0.3, -0.25) is 4.79 Å². The van der Waals surface area contributed by atoms with Crippen molar-refractivity contribution in [3.8, 4) is 5.75 Å². The number of benzene rings is 1. The monoisotopic (exact) mass is 433 g/mol. The smallest absolute Gasteiger partial charge is 0.251 e. The maximum Gasteiger partial charge on any atom is 0.251 e. The van der Waals surface area contributed by atoms with Gasteiger partial charge in [-0.05, 0) is 60.5 Å². The van der Waals surface area contributed by atoms with Crippen molar-refractivity contribution in [3.63, 3.8) is 0 Å². The van der Waals surface area contributed by atoms with Crippen molar-refractivity contribution in [3.05, 3.63) is 23.3 Å². The third kappa shape index (κ3) is 2.85. The molecule has 0 aromatic heterocycles. The van der Waals surface area contributed by atoms with Crippen LogP contribution >= 0.6 is 0 Å². The van der Waals surface area contributed by atoms with E-state index in [4.69, 9.17) is 4.74 Å². The Bertz CT molecular complexity index is 999. The van der Waals surface area contributed by atoms with Crippen LogP contribution in [0.25, 0.3) is 0 Å². The summed E-state index contributed by atoms with van der Waals surface area (Å²) in [5.41, 5.74) is 1.04. The van der Waals surface area contributed by atoms with Crippen LogP contribution < -0.4 is 10.1 Å². The molecule has 4 rings (SSSR count). The molecule has 0 bridgehead atoms. The van der Waals surface area contributed by atoms with Gasteiger partial charge in [0.1, 0.15) is 5.75 Å². The largest absolute Gasteiger partial charge is 0.496 e. The van der Waals surface area contributed by atoms with Crippen molar-refractivity contribution in [2.24, 2.45) is 22.7 Å². The minimum Gasteiger partial charge on any atom is -0.496 e. The number of hydrogen-bond acceptors (Lipinski definition) is 4. The van der Waals surface area contributed by atoms with E-state index in [1.54, 1.807) is 26.3 Å². The summed E-state index contributed by atoms with van der Waals surface area (Å²) < 4.78 is 32.9. The highest BCUT2D eigenvalue weighted by molar-refractivity contribution is 7.91. The van der Waals surface area contributed by atoms with Crippen molar-refractivity contribution in [1.29, 1.82) is 0 Å². The third-order valence-electron chi connectivity index (χ3n) is 8.86. The van der Waals surface area contributed by atoms with Gasteiger partial charge in [0.25, 0.3) is 5.91 Å². The van der Waals surface area contributed by atoms with Gasteiger partial charge in [0.05, 0.1) is 17.8 Å². The number of sulfone groups is 1. The van der Waals surface area contributed by atoms with E-state index < -0.39 is 9.84 Å². The molecule has 6 heteroatoms. The zero-order chi connectivity index (χ0) is 22.1. The summed E-state index contributed by atoms with van der Waals surface area (Å²) >= 11 is 0. The molecule has 4 unspecified atom stereocenters. The van der Waals surface area contributed by atoms with Crippen molar-refractivity contribution in [1.82, 2.24) is 5.32 Å². The molecule has 3 aliphatic rings. The second-order valence-electron chi connectivity index (χ2n) is 10.8. The molecular formula is C24H35NO4S. The fourth-order valence-corrected chi connectivity index (χ4v) is 9.79. The number of methoxy groups -OCH3 is 1. The van der Waals surface area contributed by atoms with E-state index in [2.05, 4.69) is 33.0 Å². The molecule has 0 spiro atoms. The quantitative estimate of drug-likeness (QED) is 0.753. The van der Waals surface area contributed by atoms with Crippen LogP contribution in [0.5, 0.6) is 5.75 Å². The molecular weight excluding hydrogens is 398 g/mol. The minimum absolute atomic E-state index is 0.0238. The van der Waals surface area contributed by atoms with Gasteiger partial charge in [-0.25, -0.2) is 8.42 Å². The zero-order valence-corrected chi connectivity index (χ0v) is 19.9. The maximum atomic E-state index is 13.6. The minimum atomic E-state index is -3.53. The molecule has 1 heterocycles. The first kappa shape index (κ1) is 21.7. The molecule has 1 amide bonds. The molecule has 1 N–H and O–H groups in total. The van der Waals surface area contributed by atoms with Gasteiger partial charge in [-0.15, -0.1) is 0 Å². The molecule has 2 aliphatic carbocycles. The van der Waals surface area contributed by atoms with Gasteiger partial charge < -0.3 is 10.1 Å². The van der Waals surface area contributed by atoms with E-state index in [0.717, 1.165) is 31.2 Å². The number of amides is 1. The van der Waals surface area contributed by atoms with Crippen molar-refractivity contribution >= 4 is 15.7 Å². The molecule has 30 heavy (non-hydrogen) atoms. The Morgan fingerprint density at radius 1 is 1.10 bits per heavy atom. The van der Waals surface area contributed by atoms with E-state index in [0.29, 0.717) is 17.2 Å². The van der Waals surface area contributed by atoms with E-state index in [9.17, 15) is 13.2 Å². The molecule has 2 saturated carbocycles. The second-order valence-corrected chi connectivity index (χ2v) is 12.8. The van der Waals surface area contributed by atoms with Gasteiger partial charge in [-0.1, -0.05) is 34.1 Å². The SMILES string of the molecule is CNC(=O)c1cc(OC)c2c(c1)S(=O)(=O)CC1C2(C)CCC2C(C)(C)CCCC21C. The molecule has 1 aromatic carbocycles. The lowest BCUT2D eigenvalue weighted by molar-refractivity contribution is -0.0984. The number of carbonyl (C=O) groups excluding carboxylic acids is 1. The number of hydrogen-bond donors (Lipinski definition) is 1. The molecule has 0 saturated heterocycles. The predicted octanol–water partition coefficient (Wildman–Crippen LogP) is 4.34. The second kappa shape index (κ2) is 6.72. The van der Waals surface area contributed by atoms with E-state index >= 15 is 0 Å². The van der Waals surface area contributed by atoms with Gasteiger partial charge in [0.15, 0.2) is 9.84 Å². The Morgan fingerprint density at radius 3 is 2.43 bits per heavy atom. The van der Waals surface area contributed by atoms with Crippen molar-refractivity contribution in [2.45, 2.75) is 70.1 Å². The summed E-state index contributed by atoms with van der Waals surface area (Å²) in [6, 6.07) is 3.27. The Labute approximate surface area is 180 Å². The fourth-order valence-electron chi connectivity index (χ4n) is 7.47. The summed E-state index contributed by atoms with van der Waals surface area (Å²) in [5.74, 6) is 0.937. The Balaban J connectivity index is 1.95. The van der Waals surface area contributed by atoms with E-state index in [-0.39, 0.29) is 38.7 Å². The van der Waals surface area contributed by atoms with Crippen LogP contribution in [0.15, 0.2) is 17.0 Å². The van der Waals surface area contributed by atoms with Crippen LogP contribution in [0.4, 0.5) is 0 Å². The standard InChI is InChI=1S/C24H35NO4S/c1-22(2)9-7-10-23(3)18(22)8-11-24(4)19(23)14-30(27,28)17-13-15(21(26)25-5)12-16(29-6)20(17)24/h12-13,18-19H,7-11,14H2,1-6H3,(H,25,26). The lowest BCUT2D eigenvalue weighted by Gasteiger charge is -2.63. The molecule has 1 aliphatic heterocycles. The molecule has 5 nitrogen and oxygen atoms in total. The predicted molar refractivity (Wildman–Crippen MR) is 118 cm³/mol. The van der Waals surface area contributed by atoms with Gasteiger partial charge in [0.2, 0.25) is 0 Å². The lowest BCUT2D eigenvalue weighted by atomic mass is 9.43. The topological polar surface area (TPSA) is 72.5 Å². The summed E-state index contributed by atoms with van der Waals surface area (Å²) in [4.78, 5) is 12.6. The molecule has 1 aromatic rings. The van der Waals surface area contributed by atoms with Gasteiger partial charge in [-0.2, -0.15) is 0 Å². The summed E-state index contributed by atoms with van der Waals surface area (Å²) in [5, 5.41) is 2.60. The molecule has 2 fully saturated rings. The maximum absolute atomic E-state index is 13.6. The highest BCUT2D eigenvalue weighted by atomic mass is 32.2. The number of rotatable bonds is 2. The van der Waals surface area contributed by atoms with Crippen molar-refractivity contribution in [2.75, 3.05) is 19.9 Å². The molecule has 4 atom stereocenters. The van der Waals surface area contributed by atoms with E-state index in [1.165, 1.54) is 6.42 Å². The first-order valence-corrected chi connectivity index (χ1v) is 12.7. The van der Waals surface area contributed by atoms with Crippen LogP contribution in [0.1, 0.15) is 75.7 Å². The highest BCUT2D eigenvalue weighted by Gasteiger charge is 2.62. The van der Waals surface area contributed by atoms with Crippen LogP contribution in [0.3, 0.4) is 0 Å². The Morgan fingerprint density at radius 2 is 1.80 bits per heavy atom. The van der Waals surface area contributed by atoms with Crippen LogP contribution in [-0.4, -0.2) is 34.2 Å². The van der Waals surface area contributed by atoms with Crippen LogP contribution in [0, 0.1) is 22.7 Å². The third-order valence-corrected chi connectivity index (χ3v) is 10.6. The zero-order valence-electron chi connectivity index (χ0n) is 19.1. The lowest BCUT2D eigenvalue weighted by Crippen LogP contribution is -2.60. The van der Waals surface area contributed by atoms with Crippen molar-refractivity contribution < 1.29 is 17.9 Å². The number of fused-ring (bicyclic) bond motifs is 5. The summed E-state index contributed by atoms with van der Waals surface area (Å²) in [7, 11) is -0.415. The average Bonchev–Trinajstić information content (AvgIpc) is 2.67.